The molecule has 0 spiro atoms. The highest BCUT2D eigenvalue weighted by atomic mass is 16.3. The molecule has 1 aromatic rings. The monoisotopic (exact) mass is 276 g/mol. The molecular weight excluding hydrogens is 256 g/mol. The van der Waals surface area contributed by atoms with Crippen molar-refractivity contribution < 1.29 is 14.7 Å². The Labute approximate surface area is 118 Å². The summed E-state index contributed by atoms with van der Waals surface area (Å²) in [5, 5.41) is 13.8. The molecule has 0 fully saturated rings. The Kier molecular flexibility index (Phi) is 5.12. The lowest BCUT2D eigenvalue weighted by atomic mass is 10.1. The Balaban J connectivity index is 1.81. The number of benzene rings is 1. The van der Waals surface area contributed by atoms with Gasteiger partial charge in [0, 0.05) is 18.7 Å². The molecule has 5 nitrogen and oxygen atoms in total. The van der Waals surface area contributed by atoms with Gasteiger partial charge in [0.05, 0.1) is 6.54 Å². The predicted octanol–water partition coefficient (Wildman–Crippen LogP) is 0.404. The second-order valence-electron chi connectivity index (χ2n) is 4.95. The van der Waals surface area contributed by atoms with E-state index < -0.39 is 0 Å². The standard InChI is InChI=1S/C15H20N2O3/c18-8-2-7-16-14(19)10-17-15(20)13-6-5-11-3-1-4-12(11)9-13/h5-6,9,18H,1-4,7-8,10H2,(H,16,19)(H,17,20). The molecule has 0 atom stereocenters. The topological polar surface area (TPSA) is 78.4 Å². The summed E-state index contributed by atoms with van der Waals surface area (Å²) in [5.74, 6) is -0.468. The van der Waals surface area contributed by atoms with Gasteiger partial charge in [0.25, 0.3) is 5.91 Å². The van der Waals surface area contributed by atoms with E-state index in [4.69, 9.17) is 5.11 Å². The average molecular weight is 276 g/mol. The van der Waals surface area contributed by atoms with Crippen LogP contribution in [0.3, 0.4) is 0 Å². The van der Waals surface area contributed by atoms with Crippen LogP contribution in [0.25, 0.3) is 0 Å². The normalized spacial score (nSPS) is 12.8. The first kappa shape index (κ1) is 14.5. The highest BCUT2D eigenvalue weighted by Crippen LogP contribution is 2.22. The fraction of sp³-hybridized carbons (Fsp3) is 0.467. The molecule has 0 unspecified atom stereocenters. The van der Waals surface area contributed by atoms with Crippen molar-refractivity contribution in [3.63, 3.8) is 0 Å². The van der Waals surface area contributed by atoms with Crippen molar-refractivity contribution in [3.05, 3.63) is 34.9 Å². The van der Waals surface area contributed by atoms with E-state index >= 15 is 0 Å². The highest BCUT2D eigenvalue weighted by Gasteiger charge is 2.14. The summed E-state index contributed by atoms with van der Waals surface area (Å²) in [6.45, 7) is 0.424. The predicted molar refractivity (Wildman–Crippen MR) is 75.5 cm³/mol. The van der Waals surface area contributed by atoms with E-state index in [-0.39, 0.29) is 25.0 Å². The highest BCUT2D eigenvalue weighted by molar-refractivity contribution is 5.96. The van der Waals surface area contributed by atoms with Gasteiger partial charge in [0.2, 0.25) is 5.91 Å². The van der Waals surface area contributed by atoms with Crippen LogP contribution in [-0.4, -0.2) is 36.6 Å². The first-order chi connectivity index (χ1) is 9.70. The number of carbonyl (C=O) groups is 2. The van der Waals surface area contributed by atoms with Crippen LogP contribution in [0.1, 0.15) is 34.3 Å². The molecule has 0 bridgehead atoms. The van der Waals surface area contributed by atoms with Crippen LogP contribution in [0.4, 0.5) is 0 Å². The van der Waals surface area contributed by atoms with E-state index in [1.807, 2.05) is 18.2 Å². The summed E-state index contributed by atoms with van der Waals surface area (Å²) >= 11 is 0. The maximum absolute atomic E-state index is 11.9. The van der Waals surface area contributed by atoms with Crippen molar-refractivity contribution in [3.8, 4) is 0 Å². The number of fused-ring (bicyclic) bond motifs is 1. The Morgan fingerprint density at radius 2 is 1.95 bits per heavy atom. The van der Waals surface area contributed by atoms with Crippen molar-refractivity contribution in [2.75, 3.05) is 19.7 Å². The fourth-order valence-corrected chi connectivity index (χ4v) is 2.35. The molecule has 0 radical (unpaired) electrons. The van der Waals surface area contributed by atoms with Crippen molar-refractivity contribution >= 4 is 11.8 Å². The first-order valence-corrected chi connectivity index (χ1v) is 6.98. The molecule has 0 heterocycles. The van der Waals surface area contributed by atoms with Gasteiger partial charge in [-0.1, -0.05) is 6.07 Å². The van der Waals surface area contributed by atoms with Gasteiger partial charge in [-0.2, -0.15) is 0 Å². The van der Waals surface area contributed by atoms with Crippen LogP contribution in [-0.2, 0) is 17.6 Å². The molecule has 108 valence electrons. The van der Waals surface area contributed by atoms with Crippen molar-refractivity contribution in [1.82, 2.24) is 10.6 Å². The number of nitrogens with one attached hydrogen (secondary N) is 2. The summed E-state index contributed by atoms with van der Waals surface area (Å²) in [5.41, 5.74) is 3.17. The Bertz CT molecular complexity index is 500. The van der Waals surface area contributed by atoms with E-state index in [9.17, 15) is 9.59 Å². The molecule has 2 rings (SSSR count). The van der Waals surface area contributed by atoms with Crippen LogP contribution in [0, 0.1) is 0 Å². The number of rotatable bonds is 6. The lowest BCUT2D eigenvalue weighted by Crippen LogP contribution is -2.37. The smallest absolute Gasteiger partial charge is 0.251 e. The third kappa shape index (κ3) is 3.81. The number of hydrogen-bond acceptors (Lipinski definition) is 3. The third-order valence-electron chi connectivity index (χ3n) is 3.43. The summed E-state index contributed by atoms with van der Waals surface area (Å²) in [7, 11) is 0. The molecule has 1 aliphatic carbocycles. The molecular formula is C15H20N2O3. The van der Waals surface area contributed by atoms with E-state index in [1.54, 1.807) is 0 Å². The van der Waals surface area contributed by atoms with Gasteiger partial charge >= 0.3 is 0 Å². The van der Waals surface area contributed by atoms with E-state index in [1.165, 1.54) is 11.1 Å². The van der Waals surface area contributed by atoms with E-state index in [2.05, 4.69) is 10.6 Å². The summed E-state index contributed by atoms with van der Waals surface area (Å²) in [6.07, 6.45) is 3.78. The molecule has 3 N–H and O–H groups in total. The van der Waals surface area contributed by atoms with Crippen molar-refractivity contribution in [1.29, 1.82) is 0 Å². The number of hydrogen-bond donors (Lipinski definition) is 3. The minimum atomic E-state index is -0.243. The zero-order chi connectivity index (χ0) is 14.4. The lowest BCUT2D eigenvalue weighted by Gasteiger charge is -2.07. The quantitative estimate of drug-likeness (QED) is 0.658. The summed E-state index contributed by atoms with van der Waals surface area (Å²) in [4.78, 5) is 23.4. The Morgan fingerprint density at radius 1 is 1.15 bits per heavy atom. The SMILES string of the molecule is O=C(CNC(=O)c1ccc2c(c1)CCC2)NCCCO. The molecule has 20 heavy (non-hydrogen) atoms. The second kappa shape index (κ2) is 7.05. The van der Waals surface area contributed by atoms with Crippen LogP contribution < -0.4 is 10.6 Å². The number of amides is 2. The first-order valence-electron chi connectivity index (χ1n) is 6.98. The van der Waals surface area contributed by atoms with Crippen molar-refractivity contribution in [2.24, 2.45) is 0 Å². The zero-order valence-electron chi connectivity index (χ0n) is 11.4. The minimum Gasteiger partial charge on any atom is -0.396 e. The second-order valence-corrected chi connectivity index (χ2v) is 4.95. The van der Waals surface area contributed by atoms with Crippen LogP contribution in [0.5, 0.6) is 0 Å². The van der Waals surface area contributed by atoms with Gasteiger partial charge in [-0.05, 0) is 48.9 Å². The van der Waals surface area contributed by atoms with E-state index in [0.29, 0.717) is 18.5 Å². The maximum atomic E-state index is 11.9. The summed E-state index contributed by atoms with van der Waals surface area (Å²) in [6, 6.07) is 5.73. The molecule has 0 saturated heterocycles. The molecule has 5 heteroatoms. The molecule has 2 amide bonds. The van der Waals surface area contributed by atoms with Gasteiger partial charge in [0.15, 0.2) is 0 Å². The molecule has 1 aliphatic rings. The number of aliphatic hydroxyl groups excluding tert-OH is 1. The van der Waals surface area contributed by atoms with Crippen LogP contribution >= 0.6 is 0 Å². The zero-order valence-corrected chi connectivity index (χ0v) is 11.4. The molecule has 0 aliphatic heterocycles. The molecule has 1 aromatic carbocycles. The maximum Gasteiger partial charge on any atom is 0.251 e. The van der Waals surface area contributed by atoms with Gasteiger partial charge in [-0.3, -0.25) is 9.59 Å². The van der Waals surface area contributed by atoms with Gasteiger partial charge in [-0.15, -0.1) is 0 Å². The van der Waals surface area contributed by atoms with Crippen molar-refractivity contribution in [2.45, 2.75) is 25.7 Å². The van der Waals surface area contributed by atoms with Gasteiger partial charge < -0.3 is 15.7 Å². The molecule has 0 saturated carbocycles. The van der Waals surface area contributed by atoms with Crippen LogP contribution in [0.2, 0.25) is 0 Å². The number of aliphatic hydroxyl groups is 1. The lowest BCUT2D eigenvalue weighted by molar-refractivity contribution is -0.120. The van der Waals surface area contributed by atoms with Gasteiger partial charge in [-0.25, -0.2) is 0 Å². The van der Waals surface area contributed by atoms with E-state index in [0.717, 1.165) is 19.3 Å². The Hall–Kier alpha value is -1.88. The van der Waals surface area contributed by atoms with Gasteiger partial charge in [0.1, 0.15) is 0 Å². The number of carbonyl (C=O) groups excluding carboxylic acids is 2. The minimum absolute atomic E-state index is 0.0403. The average Bonchev–Trinajstić information content (AvgIpc) is 2.92. The third-order valence-corrected chi connectivity index (χ3v) is 3.43. The summed E-state index contributed by atoms with van der Waals surface area (Å²) < 4.78 is 0. The largest absolute Gasteiger partial charge is 0.396 e. The Morgan fingerprint density at radius 3 is 2.75 bits per heavy atom. The van der Waals surface area contributed by atoms with Crippen LogP contribution in [0.15, 0.2) is 18.2 Å². The fourth-order valence-electron chi connectivity index (χ4n) is 2.35. The number of aryl methyl sites for hydroxylation is 2. The molecule has 0 aromatic heterocycles.